The van der Waals surface area contributed by atoms with Crippen LogP contribution in [0.4, 0.5) is 27.1 Å². The summed E-state index contributed by atoms with van der Waals surface area (Å²) >= 11 is 0. The van der Waals surface area contributed by atoms with Crippen LogP contribution in [0.5, 0.6) is 11.5 Å². The highest BCUT2D eigenvalue weighted by Crippen LogP contribution is 2.57. The number of rotatable bonds is 14. The van der Waals surface area contributed by atoms with E-state index in [4.69, 9.17) is 9.47 Å². The molecule has 51 heavy (non-hydrogen) atoms. The minimum absolute atomic E-state index is 0.322. The Bertz CT molecular complexity index is 2020. The smallest absolute Gasteiger partial charge is 0.340 e. The number of fused-ring (bicyclic) bond motifs is 6. The van der Waals surface area contributed by atoms with Gasteiger partial charge >= 0.3 is 5.97 Å². The lowest BCUT2D eigenvalue weighted by Gasteiger charge is -2.38. The van der Waals surface area contributed by atoms with Gasteiger partial charge < -0.3 is 19.7 Å². The summed E-state index contributed by atoms with van der Waals surface area (Å²) in [6, 6.07) is 33.2. The monoisotopic (exact) mass is 682 g/mol. The van der Waals surface area contributed by atoms with E-state index in [-0.39, 0.29) is 11.8 Å². The van der Waals surface area contributed by atoms with E-state index in [2.05, 4.69) is 66.5 Å². The van der Waals surface area contributed by atoms with Gasteiger partial charge in [-0.1, -0.05) is 88.8 Å². The van der Waals surface area contributed by atoms with Gasteiger partial charge in [0.1, 0.15) is 17.3 Å². The minimum atomic E-state index is -1.22. The predicted molar refractivity (Wildman–Crippen MR) is 205 cm³/mol. The Morgan fingerprint density at radius 2 is 1.45 bits per heavy atom. The van der Waals surface area contributed by atoms with Crippen molar-refractivity contribution < 1.29 is 18.7 Å². The van der Waals surface area contributed by atoms with Crippen LogP contribution in [-0.4, -0.2) is 12.5 Å². The molecular weight excluding hydrogens is 636 g/mol. The molecule has 5 aromatic rings. The van der Waals surface area contributed by atoms with E-state index in [9.17, 15) is 9.18 Å². The molecule has 2 aliphatic heterocycles. The Kier molecular flexibility index (Phi) is 10.1. The summed E-state index contributed by atoms with van der Waals surface area (Å²) in [6.07, 6.45) is 10.7. The molecule has 6 heteroatoms. The van der Waals surface area contributed by atoms with Crippen LogP contribution < -0.4 is 15.0 Å². The average Bonchev–Trinajstić information content (AvgIpc) is 3.43. The summed E-state index contributed by atoms with van der Waals surface area (Å²) in [6.45, 7) is 7.35. The van der Waals surface area contributed by atoms with Crippen molar-refractivity contribution >= 4 is 28.7 Å². The Balaban J connectivity index is 1.30. The lowest BCUT2D eigenvalue weighted by molar-refractivity contribution is 0.0224. The number of anilines is 4. The summed E-state index contributed by atoms with van der Waals surface area (Å²) in [5.41, 5.74) is 7.44. The van der Waals surface area contributed by atoms with Crippen LogP contribution in [-0.2, 0) is 16.8 Å². The fourth-order valence-corrected chi connectivity index (χ4v) is 7.51. The topological polar surface area (TPSA) is 50.8 Å². The van der Waals surface area contributed by atoms with Crippen LogP contribution in [0, 0.1) is 12.7 Å². The van der Waals surface area contributed by atoms with Crippen molar-refractivity contribution in [3.63, 3.8) is 0 Å². The minimum Gasteiger partial charge on any atom is -0.456 e. The molecule has 0 saturated carbocycles. The quantitative estimate of drug-likeness (QED) is 0.0933. The van der Waals surface area contributed by atoms with Crippen LogP contribution in [0.2, 0.25) is 0 Å². The maximum absolute atomic E-state index is 14.1. The second kappa shape index (κ2) is 15.0. The summed E-state index contributed by atoms with van der Waals surface area (Å²) in [4.78, 5) is 16.0. The Labute approximate surface area is 301 Å². The van der Waals surface area contributed by atoms with Crippen molar-refractivity contribution in [2.75, 3.05) is 16.8 Å². The molecular formula is C45H47FN2O3. The van der Waals surface area contributed by atoms with Gasteiger partial charge in [0, 0.05) is 52.1 Å². The number of hydrogen-bond acceptors (Lipinski definition) is 5. The van der Waals surface area contributed by atoms with E-state index >= 15 is 0 Å². The zero-order valence-corrected chi connectivity index (χ0v) is 29.9. The SMILES string of the molecule is CCCCCCCCN(c1ccc(CCCC)cc1)c1ccc2c(c1)Oc1cc(C)c(Nc3cccc(F)c3)cc1C21OC(=O)c2ccccc21. The number of ether oxygens (including phenoxy) is 2. The third-order valence-corrected chi connectivity index (χ3v) is 10.3. The van der Waals surface area contributed by atoms with Gasteiger partial charge in [0.05, 0.1) is 5.56 Å². The lowest BCUT2D eigenvalue weighted by atomic mass is 9.77. The van der Waals surface area contributed by atoms with Crippen molar-refractivity contribution in [1.82, 2.24) is 0 Å². The van der Waals surface area contributed by atoms with Crippen molar-refractivity contribution in [3.8, 4) is 11.5 Å². The first-order valence-corrected chi connectivity index (χ1v) is 18.6. The number of nitrogens with zero attached hydrogens (tertiary/aromatic N) is 1. The number of carbonyl (C=O) groups excluding carboxylic acids is 1. The van der Waals surface area contributed by atoms with E-state index in [1.54, 1.807) is 6.07 Å². The molecule has 262 valence electrons. The van der Waals surface area contributed by atoms with Crippen molar-refractivity contribution in [2.45, 2.75) is 84.2 Å². The number of benzene rings is 5. The normalized spacial score (nSPS) is 15.5. The molecule has 0 radical (unpaired) electrons. The van der Waals surface area contributed by atoms with Gasteiger partial charge in [-0.15, -0.1) is 0 Å². The molecule has 0 fully saturated rings. The first-order chi connectivity index (χ1) is 24.9. The largest absolute Gasteiger partial charge is 0.456 e. The Morgan fingerprint density at radius 3 is 2.25 bits per heavy atom. The molecule has 0 amide bonds. The second-order valence-electron chi connectivity index (χ2n) is 13.9. The highest BCUT2D eigenvalue weighted by atomic mass is 19.1. The zero-order chi connectivity index (χ0) is 35.4. The maximum atomic E-state index is 14.1. The molecule has 1 spiro atoms. The van der Waals surface area contributed by atoms with Gasteiger partial charge in [0.25, 0.3) is 0 Å². The fraction of sp³-hybridized carbons (Fsp3) is 0.311. The van der Waals surface area contributed by atoms with E-state index in [1.807, 2.05) is 49.4 Å². The molecule has 1 unspecified atom stereocenters. The molecule has 0 aliphatic carbocycles. The van der Waals surface area contributed by atoms with Crippen molar-refractivity contribution in [3.05, 3.63) is 142 Å². The second-order valence-corrected chi connectivity index (χ2v) is 13.9. The summed E-state index contributed by atoms with van der Waals surface area (Å²) in [5, 5.41) is 3.38. The highest BCUT2D eigenvalue weighted by Gasteiger charge is 2.53. The van der Waals surface area contributed by atoms with Gasteiger partial charge in [0.2, 0.25) is 0 Å². The standard InChI is InChI=1S/C45H47FN2O3/c1-4-6-8-9-10-13-26-48(35-22-20-32(21-23-35)15-7-5-2)36-24-25-39-43(29-36)50-42-27-31(3)41(47-34-17-14-16-33(46)28-34)30-40(42)45(39)38-19-12-11-18-37(38)44(49)51-45/h11-12,14,16-25,27-30,47H,4-10,13,15,26H2,1-3H3. The molecule has 5 aromatic carbocycles. The molecule has 0 bridgehead atoms. The van der Waals surface area contributed by atoms with Crippen LogP contribution in [0.25, 0.3) is 0 Å². The predicted octanol–water partition coefficient (Wildman–Crippen LogP) is 12.3. The third-order valence-electron chi connectivity index (χ3n) is 10.3. The molecule has 1 atom stereocenters. The summed E-state index contributed by atoms with van der Waals surface area (Å²) in [5.74, 6) is 0.578. The lowest BCUT2D eigenvalue weighted by Crippen LogP contribution is -2.33. The molecule has 0 aromatic heterocycles. The summed E-state index contributed by atoms with van der Waals surface area (Å²) < 4.78 is 27.4. The van der Waals surface area contributed by atoms with Crippen molar-refractivity contribution in [1.29, 1.82) is 0 Å². The van der Waals surface area contributed by atoms with Crippen LogP contribution in [0.15, 0.2) is 103 Å². The number of halogens is 1. The molecule has 0 saturated heterocycles. The molecule has 1 N–H and O–H groups in total. The van der Waals surface area contributed by atoms with Crippen molar-refractivity contribution in [2.24, 2.45) is 0 Å². The fourth-order valence-electron chi connectivity index (χ4n) is 7.51. The maximum Gasteiger partial charge on any atom is 0.340 e. The van der Waals surface area contributed by atoms with Gasteiger partial charge in [-0.2, -0.15) is 0 Å². The average molecular weight is 683 g/mol. The van der Waals surface area contributed by atoms with Gasteiger partial charge in [0.15, 0.2) is 5.60 Å². The van der Waals surface area contributed by atoms with E-state index < -0.39 is 5.60 Å². The number of esters is 1. The molecule has 2 heterocycles. The van der Waals surface area contributed by atoms with Gasteiger partial charge in [-0.3, -0.25) is 0 Å². The molecule has 7 rings (SSSR count). The van der Waals surface area contributed by atoms with Gasteiger partial charge in [-0.05, 0) is 98.0 Å². The number of nitrogens with one attached hydrogen (secondary N) is 1. The number of aryl methyl sites for hydroxylation is 2. The van der Waals surface area contributed by atoms with Crippen LogP contribution in [0.3, 0.4) is 0 Å². The number of unbranched alkanes of at least 4 members (excludes halogenated alkanes) is 6. The van der Waals surface area contributed by atoms with Crippen LogP contribution in [0.1, 0.15) is 103 Å². The van der Waals surface area contributed by atoms with Crippen LogP contribution >= 0.6 is 0 Å². The van der Waals surface area contributed by atoms with E-state index in [0.29, 0.717) is 22.7 Å². The first-order valence-electron chi connectivity index (χ1n) is 18.6. The first kappa shape index (κ1) is 34.4. The van der Waals surface area contributed by atoms with E-state index in [1.165, 1.54) is 62.6 Å². The van der Waals surface area contributed by atoms with E-state index in [0.717, 1.165) is 58.7 Å². The number of carbonyl (C=O) groups is 1. The zero-order valence-electron chi connectivity index (χ0n) is 29.9. The van der Waals surface area contributed by atoms with Gasteiger partial charge in [-0.25, -0.2) is 9.18 Å². The molecule has 5 nitrogen and oxygen atoms in total. The summed E-state index contributed by atoms with van der Waals surface area (Å²) in [7, 11) is 0. The Hall–Kier alpha value is -5.10. The molecule has 2 aliphatic rings. The third kappa shape index (κ3) is 6.84. The Morgan fingerprint density at radius 1 is 0.706 bits per heavy atom. The number of hydrogen-bond donors (Lipinski definition) is 1. The highest BCUT2D eigenvalue weighted by molar-refractivity contribution is 5.97.